The Morgan fingerprint density at radius 1 is 0.703 bits per heavy atom. The smallest absolute Gasteiger partial charge is 0.210 e. The first-order valence-electron chi connectivity index (χ1n) is 12.0. The molecule has 2 heterocycles. The number of rotatable bonds is 3. The van der Waals surface area contributed by atoms with Crippen LogP contribution in [0.5, 0.6) is 0 Å². The molecular weight excluding hydrogens is 498 g/mol. The van der Waals surface area contributed by atoms with Gasteiger partial charge in [-0.15, -0.1) is 0 Å². The Bertz CT molecular complexity index is 1660. The number of hydrogen-bond donors (Lipinski definition) is 0. The third-order valence-electron chi connectivity index (χ3n) is 6.60. The number of nitrogens with zero attached hydrogens (tertiary/aromatic N) is 3. The molecule has 0 saturated heterocycles. The number of para-hydroxylation sites is 2. The highest BCUT2D eigenvalue weighted by molar-refractivity contribution is 7.92. The maximum Gasteiger partial charge on any atom is 0.210 e. The minimum absolute atomic E-state index is 0.0977. The average molecular weight is 524 g/mol. The quantitative estimate of drug-likeness (QED) is 0.237. The van der Waals surface area contributed by atoms with Crippen molar-refractivity contribution >= 4 is 38.4 Å². The Morgan fingerprint density at radius 2 is 1.24 bits per heavy atom. The van der Waals surface area contributed by atoms with Gasteiger partial charge in [0, 0.05) is 16.8 Å². The second-order valence-corrected chi connectivity index (χ2v) is 12.7. The van der Waals surface area contributed by atoms with Crippen LogP contribution in [0, 0.1) is 0 Å². The van der Waals surface area contributed by atoms with E-state index in [2.05, 4.69) is 49.4 Å². The molecule has 7 heteroatoms. The predicted octanol–water partition coefficient (Wildman–Crippen LogP) is 7.79. The Labute approximate surface area is 221 Å². The molecule has 0 bridgehead atoms. The third-order valence-corrected chi connectivity index (χ3v) is 9.21. The SMILES string of the molecule is CC(C)(C)c1ccc(-c2nsc(-c3ccc(N4c5ccccc5S(=O)(=O)c5ccccc54)cc3)n2)cc1. The summed E-state index contributed by atoms with van der Waals surface area (Å²) in [6.07, 6.45) is 0. The van der Waals surface area contributed by atoms with Crippen molar-refractivity contribution in [3.8, 4) is 22.0 Å². The normalized spacial score (nSPS) is 14.2. The van der Waals surface area contributed by atoms with E-state index in [-0.39, 0.29) is 5.41 Å². The Hall–Kier alpha value is -3.81. The fraction of sp³-hybridized carbons (Fsp3) is 0.133. The molecule has 0 fully saturated rings. The van der Waals surface area contributed by atoms with Crippen LogP contribution in [0.4, 0.5) is 17.1 Å². The van der Waals surface area contributed by atoms with Crippen molar-refractivity contribution < 1.29 is 8.42 Å². The van der Waals surface area contributed by atoms with Crippen LogP contribution < -0.4 is 4.90 Å². The molecule has 0 unspecified atom stereocenters. The zero-order chi connectivity index (χ0) is 25.8. The number of sulfone groups is 1. The zero-order valence-electron chi connectivity index (χ0n) is 20.7. The minimum Gasteiger partial charge on any atom is -0.308 e. The number of fused-ring (bicyclic) bond motifs is 2. The van der Waals surface area contributed by atoms with Crippen molar-refractivity contribution in [2.75, 3.05) is 4.90 Å². The summed E-state index contributed by atoms with van der Waals surface area (Å²) in [4.78, 5) is 7.41. The van der Waals surface area contributed by atoms with Crippen molar-refractivity contribution in [3.63, 3.8) is 0 Å². The van der Waals surface area contributed by atoms with E-state index in [0.29, 0.717) is 27.0 Å². The van der Waals surface area contributed by atoms with Crippen molar-refractivity contribution in [3.05, 3.63) is 103 Å². The molecule has 0 atom stereocenters. The summed E-state index contributed by atoms with van der Waals surface area (Å²) < 4.78 is 31.1. The number of aromatic nitrogens is 2. The highest BCUT2D eigenvalue weighted by Crippen LogP contribution is 2.48. The first-order chi connectivity index (χ1) is 17.7. The summed E-state index contributed by atoms with van der Waals surface area (Å²) in [6, 6.07) is 30.7. The standard InChI is InChI=1S/C30H25N3O2S2/c1-30(2,3)22-16-12-20(13-17-22)28-31-29(36-32-28)21-14-18-23(19-15-21)33-24-8-4-6-10-26(24)37(34,35)27-11-7-5-9-25(27)33/h4-19H,1-3H3. The Balaban J connectivity index is 1.34. The van der Waals surface area contributed by atoms with Crippen LogP contribution in [-0.2, 0) is 15.3 Å². The fourth-order valence-electron chi connectivity index (χ4n) is 4.60. The molecule has 5 aromatic rings. The largest absolute Gasteiger partial charge is 0.308 e. The van der Waals surface area contributed by atoms with Crippen LogP contribution in [-0.4, -0.2) is 17.8 Å². The number of anilines is 3. The third kappa shape index (κ3) is 4.04. The lowest BCUT2D eigenvalue weighted by Crippen LogP contribution is -2.21. The average Bonchev–Trinajstić information content (AvgIpc) is 3.39. The lowest BCUT2D eigenvalue weighted by Gasteiger charge is -2.32. The number of benzene rings is 4. The van der Waals surface area contributed by atoms with E-state index in [1.54, 1.807) is 24.3 Å². The van der Waals surface area contributed by atoms with E-state index in [9.17, 15) is 8.42 Å². The van der Waals surface area contributed by atoms with Crippen LogP contribution in [0.2, 0.25) is 0 Å². The Kier molecular flexibility index (Phi) is 5.51. The molecule has 0 radical (unpaired) electrons. The number of hydrogen-bond acceptors (Lipinski definition) is 6. The molecular formula is C30H25N3O2S2. The van der Waals surface area contributed by atoms with Crippen molar-refractivity contribution in [2.24, 2.45) is 0 Å². The van der Waals surface area contributed by atoms with Gasteiger partial charge in [0.15, 0.2) is 5.82 Å². The summed E-state index contributed by atoms with van der Waals surface area (Å²) in [6.45, 7) is 6.60. The zero-order valence-corrected chi connectivity index (χ0v) is 22.3. The van der Waals surface area contributed by atoms with Gasteiger partial charge in [0.25, 0.3) is 0 Å². The highest BCUT2D eigenvalue weighted by atomic mass is 32.2. The fourth-order valence-corrected chi connectivity index (χ4v) is 6.90. The van der Waals surface area contributed by atoms with Crippen LogP contribution >= 0.6 is 11.5 Å². The maximum absolute atomic E-state index is 13.3. The molecule has 37 heavy (non-hydrogen) atoms. The summed E-state index contributed by atoms with van der Waals surface area (Å²) in [5, 5.41) is 0.837. The molecule has 184 valence electrons. The molecule has 1 aliphatic heterocycles. The van der Waals surface area contributed by atoms with E-state index >= 15 is 0 Å². The van der Waals surface area contributed by atoms with Crippen LogP contribution in [0.15, 0.2) is 107 Å². The van der Waals surface area contributed by atoms with Crippen LogP contribution in [0.3, 0.4) is 0 Å². The van der Waals surface area contributed by atoms with Gasteiger partial charge in [-0.3, -0.25) is 0 Å². The molecule has 1 aromatic heterocycles. The minimum atomic E-state index is -3.59. The molecule has 6 rings (SSSR count). The first-order valence-corrected chi connectivity index (χ1v) is 14.3. The van der Waals surface area contributed by atoms with Gasteiger partial charge in [-0.25, -0.2) is 13.4 Å². The van der Waals surface area contributed by atoms with Gasteiger partial charge in [-0.2, -0.15) is 4.37 Å². The maximum atomic E-state index is 13.3. The molecule has 4 aromatic carbocycles. The highest BCUT2D eigenvalue weighted by Gasteiger charge is 2.34. The molecule has 0 aliphatic carbocycles. The molecule has 0 amide bonds. The van der Waals surface area contributed by atoms with Crippen LogP contribution in [0.25, 0.3) is 22.0 Å². The summed E-state index contributed by atoms with van der Waals surface area (Å²) >= 11 is 1.37. The van der Waals surface area contributed by atoms with Crippen molar-refractivity contribution in [1.29, 1.82) is 0 Å². The van der Waals surface area contributed by atoms with E-state index < -0.39 is 9.84 Å². The Morgan fingerprint density at radius 3 is 1.81 bits per heavy atom. The lowest BCUT2D eigenvalue weighted by molar-refractivity contribution is 0.590. The molecule has 0 N–H and O–H groups in total. The molecule has 0 spiro atoms. The van der Waals surface area contributed by atoms with Crippen LogP contribution in [0.1, 0.15) is 26.3 Å². The van der Waals surface area contributed by atoms with Gasteiger partial charge in [0.1, 0.15) is 5.01 Å². The van der Waals surface area contributed by atoms with Crippen molar-refractivity contribution in [1.82, 2.24) is 9.36 Å². The van der Waals surface area contributed by atoms with E-state index in [4.69, 9.17) is 4.98 Å². The summed E-state index contributed by atoms with van der Waals surface area (Å²) in [7, 11) is -3.59. The van der Waals surface area contributed by atoms with Gasteiger partial charge in [-0.05, 0) is 71.0 Å². The van der Waals surface area contributed by atoms with E-state index in [0.717, 1.165) is 21.8 Å². The predicted molar refractivity (Wildman–Crippen MR) is 150 cm³/mol. The molecule has 1 aliphatic rings. The first kappa shape index (κ1) is 23.6. The van der Waals surface area contributed by atoms with Gasteiger partial charge in [-0.1, -0.05) is 69.3 Å². The molecule has 5 nitrogen and oxygen atoms in total. The van der Waals surface area contributed by atoms with Gasteiger partial charge < -0.3 is 4.90 Å². The monoisotopic (exact) mass is 523 g/mol. The van der Waals surface area contributed by atoms with E-state index in [1.165, 1.54) is 17.1 Å². The second kappa shape index (κ2) is 8.64. The topological polar surface area (TPSA) is 63.2 Å². The summed E-state index contributed by atoms with van der Waals surface area (Å²) in [5.74, 6) is 0.716. The van der Waals surface area contributed by atoms with Gasteiger partial charge >= 0.3 is 0 Å². The summed E-state index contributed by atoms with van der Waals surface area (Å²) in [5.41, 5.74) is 5.49. The van der Waals surface area contributed by atoms with Gasteiger partial charge in [0.2, 0.25) is 9.84 Å². The molecule has 0 saturated carbocycles. The van der Waals surface area contributed by atoms with E-state index in [1.807, 2.05) is 53.4 Å². The van der Waals surface area contributed by atoms with Crippen molar-refractivity contribution in [2.45, 2.75) is 36.0 Å². The lowest BCUT2D eigenvalue weighted by atomic mass is 9.87. The van der Waals surface area contributed by atoms with Gasteiger partial charge in [0.05, 0.1) is 21.2 Å². The second-order valence-electron chi connectivity index (χ2n) is 10.1.